The highest BCUT2D eigenvalue weighted by molar-refractivity contribution is 7.14. The molecular formula is C15H13N3O2S. The number of anilines is 1. The molecule has 2 aromatic rings. The summed E-state index contributed by atoms with van der Waals surface area (Å²) in [7, 11) is 0. The summed E-state index contributed by atoms with van der Waals surface area (Å²) in [5, 5.41) is 16.5. The van der Waals surface area contributed by atoms with Gasteiger partial charge in [-0.15, -0.1) is 11.3 Å². The van der Waals surface area contributed by atoms with Crippen LogP contribution in [-0.2, 0) is 4.79 Å². The van der Waals surface area contributed by atoms with E-state index in [1.807, 2.05) is 12.1 Å². The average Bonchev–Trinajstić information content (AvgIpc) is 2.95. The van der Waals surface area contributed by atoms with Crippen LogP contribution >= 0.6 is 11.3 Å². The third-order valence-electron chi connectivity index (χ3n) is 2.71. The minimum Gasteiger partial charge on any atom is -0.352 e. The summed E-state index contributed by atoms with van der Waals surface area (Å²) in [6.07, 6.45) is 0.154. The maximum Gasteiger partial charge on any atom is 0.251 e. The fourth-order valence-corrected chi connectivity index (χ4v) is 2.42. The molecule has 2 amide bonds. The lowest BCUT2D eigenvalue weighted by molar-refractivity contribution is -0.116. The molecule has 1 aromatic heterocycles. The smallest absolute Gasteiger partial charge is 0.251 e. The molecule has 0 atom stereocenters. The summed E-state index contributed by atoms with van der Waals surface area (Å²) in [6, 6.07) is 12.5. The van der Waals surface area contributed by atoms with E-state index >= 15 is 0 Å². The van der Waals surface area contributed by atoms with Gasteiger partial charge in [0, 0.05) is 18.5 Å². The van der Waals surface area contributed by atoms with Crippen molar-refractivity contribution in [2.45, 2.75) is 6.42 Å². The Hall–Kier alpha value is -2.65. The van der Waals surface area contributed by atoms with Gasteiger partial charge in [-0.25, -0.2) is 0 Å². The molecule has 0 radical (unpaired) electrons. The monoisotopic (exact) mass is 299 g/mol. The van der Waals surface area contributed by atoms with E-state index in [1.54, 1.807) is 35.7 Å². The fourth-order valence-electron chi connectivity index (χ4n) is 1.66. The minimum atomic E-state index is -0.234. The van der Waals surface area contributed by atoms with Crippen molar-refractivity contribution in [2.75, 3.05) is 11.9 Å². The molecule has 2 rings (SSSR count). The van der Waals surface area contributed by atoms with Gasteiger partial charge in [-0.2, -0.15) is 5.26 Å². The maximum atomic E-state index is 11.8. The number of rotatable bonds is 5. The van der Waals surface area contributed by atoms with Gasteiger partial charge < -0.3 is 10.6 Å². The van der Waals surface area contributed by atoms with Gasteiger partial charge in [0.2, 0.25) is 5.91 Å². The maximum absolute atomic E-state index is 11.8. The number of hydrogen-bond donors (Lipinski definition) is 2. The van der Waals surface area contributed by atoms with Crippen LogP contribution < -0.4 is 10.6 Å². The van der Waals surface area contributed by atoms with Crippen molar-refractivity contribution in [3.63, 3.8) is 0 Å². The van der Waals surface area contributed by atoms with Crippen molar-refractivity contribution in [2.24, 2.45) is 0 Å². The molecule has 0 saturated carbocycles. The number of carbonyl (C=O) groups is 2. The SMILES string of the molecule is N#Cc1ccsc1NC(=O)CCNC(=O)c1ccccc1. The molecule has 6 heteroatoms. The Morgan fingerprint density at radius 1 is 1.19 bits per heavy atom. The minimum absolute atomic E-state index is 0.154. The lowest BCUT2D eigenvalue weighted by Gasteiger charge is -2.05. The van der Waals surface area contributed by atoms with Gasteiger partial charge in [0.05, 0.1) is 5.56 Å². The third kappa shape index (κ3) is 4.16. The largest absolute Gasteiger partial charge is 0.352 e. The van der Waals surface area contributed by atoms with Crippen molar-refractivity contribution < 1.29 is 9.59 Å². The summed E-state index contributed by atoms with van der Waals surface area (Å²) in [5.41, 5.74) is 1.00. The molecule has 21 heavy (non-hydrogen) atoms. The van der Waals surface area contributed by atoms with Crippen LogP contribution in [0.2, 0.25) is 0 Å². The molecule has 2 N–H and O–H groups in total. The van der Waals surface area contributed by atoms with E-state index in [2.05, 4.69) is 10.6 Å². The highest BCUT2D eigenvalue weighted by Crippen LogP contribution is 2.22. The lowest BCUT2D eigenvalue weighted by atomic mass is 10.2. The van der Waals surface area contributed by atoms with Gasteiger partial charge in [-0.05, 0) is 23.6 Å². The van der Waals surface area contributed by atoms with Gasteiger partial charge in [-0.1, -0.05) is 18.2 Å². The van der Waals surface area contributed by atoms with Crippen molar-refractivity contribution in [3.8, 4) is 6.07 Å². The summed E-state index contributed by atoms with van der Waals surface area (Å²) in [4.78, 5) is 23.5. The molecular weight excluding hydrogens is 286 g/mol. The average molecular weight is 299 g/mol. The normalized spacial score (nSPS) is 9.67. The summed E-state index contributed by atoms with van der Waals surface area (Å²) in [6.45, 7) is 0.243. The van der Waals surface area contributed by atoms with E-state index in [9.17, 15) is 9.59 Å². The number of nitrogens with zero attached hydrogens (tertiary/aromatic N) is 1. The highest BCUT2D eigenvalue weighted by atomic mass is 32.1. The zero-order valence-corrected chi connectivity index (χ0v) is 11.9. The molecule has 0 spiro atoms. The Balaban J connectivity index is 1.78. The van der Waals surface area contributed by atoms with Crippen LogP contribution in [0.5, 0.6) is 0 Å². The first-order valence-corrected chi connectivity index (χ1v) is 7.19. The molecule has 0 unspecified atom stereocenters. The zero-order chi connectivity index (χ0) is 15.1. The Kier molecular flexibility index (Phi) is 5.07. The summed E-state index contributed by atoms with van der Waals surface area (Å²) in [5.74, 6) is -0.445. The van der Waals surface area contributed by atoms with Gasteiger partial charge >= 0.3 is 0 Å². The first-order chi connectivity index (χ1) is 10.2. The quantitative estimate of drug-likeness (QED) is 0.889. The Morgan fingerprint density at radius 3 is 2.67 bits per heavy atom. The van der Waals surface area contributed by atoms with E-state index in [0.29, 0.717) is 16.1 Å². The predicted octanol–water partition coefficient (Wildman–Crippen LogP) is 2.38. The zero-order valence-electron chi connectivity index (χ0n) is 11.1. The fraction of sp³-hybridized carbons (Fsp3) is 0.133. The van der Waals surface area contributed by atoms with Crippen LogP contribution in [0.1, 0.15) is 22.3 Å². The molecule has 0 aliphatic carbocycles. The molecule has 1 aromatic carbocycles. The van der Waals surface area contributed by atoms with Crippen molar-refractivity contribution in [1.29, 1.82) is 5.26 Å². The number of benzene rings is 1. The van der Waals surface area contributed by atoms with Crippen LogP contribution in [0, 0.1) is 11.3 Å². The van der Waals surface area contributed by atoms with Crippen LogP contribution in [0.3, 0.4) is 0 Å². The Morgan fingerprint density at radius 2 is 1.95 bits per heavy atom. The molecule has 106 valence electrons. The van der Waals surface area contributed by atoms with Crippen LogP contribution in [0.25, 0.3) is 0 Å². The standard InChI is InChI=1S/C15H13N3O2S/c16-10-12-7-9-21-15(12)18-13(19)6-8-17-14(20)11-4-2-1-3-5-11/h1-5,7,9H,6,8H2,(H,17,20)(H,18,19). The van der Waals surface area contributed by atoms with Crippen molar-refractivity contribution in [3.05, 3.63) is 52.9 Å². The van der Waals surface area contributed by atoms with E-state index < -0.39 is 0 Å². The van der Waals surface area contributed by atoms with E-state index in [1.165, 1.54) is 11.3 Å². The second-order valence-electron chi connectivity index (χ2n) is 4.20. The lowest BCUT2D eigenvalue weighted by Crippen LogP contribution is -2.27. The molecule has 5 nitrogen and oxygen atoms in total. The van der Waals surface area contributed by atoms with E-state index in [0.717, 1.165) is 0 Å². The number of nitrogens with one attached hydrogen (secondary N) is 2. The first-order valence-electron chi connectivity index (χ1n) is 6.31. The van der Waals surface area contributed by atoms with Gasteiger partial charge in [0.25, 0.3) is 5.91 Å². The number of hydrogen-bond acceptors (Lipinski definition) is 4. The van der Waals surface area contributed by atoms with Gasteiger partial charge in [0.1, 0.15) is 11.1 Å². The molecule has 1 heterocycles. The first kappa shape index (κ1) is 14.8. The van der Waals surface area contributed by atoms with Crippen molar-refractivity contribution >= 4 is 28.2 Å². The number of amides is 2. The Labute approximate surface area is 126 Å². The molecule has 0 aliphatic rings. The summed E-state index contributed by atoms with van der Waals surface area (Å²) < 4.78 is 0. The second kappa shape index (κ2) is 7.22. The van der Waals surface area contributed by atoms with Crippen LogP contribution in [0.4, 0.5) is 5.00 Å². The number of nitriles is 1. The highest BCUT2D eigenvalue weighted by Gasteiger charge is 2.09. The molecule has 0 aliphatic heterocycles. The molecule has 0 saturated heterocycles. The van der Waals surface area contributed by atoms with E-state index in [4.69, 9.17) is 5.26 Å². The molecule has 0 fully saturated rings. The van der Waals surface area contributed by atoms with Crippen LogP contribution in [-0.4, -0.2) is 18.4 Å². The summed E-state index contributed by atoms with van der Waals surface area (Å²) >= 11 is 1.30. The Bertz CT molecular complexity index is 674. The van der Waals surface area contributed by atoms with Crippen molar-refractivity contribution in [1.82, 2.24) is 5.32 Å². The number of carbonyl (C=O) groups excluding carboxylic acids is 2. The second-order valence-corrected chi connectivity index (χ2v) is 5.11. The third-order valence-corrected chi connectivity index (χ3v) is 3.54. The topological polar surface area (TPSA) is 82.0 Å². The van der Waals surface area contributed by atoms with Crippen LogP contribution in [0.15, 0.2) is 41.8 Å². The predicted molar refractivity (Wildman–Crippen MR) is 81.1 cm³/mol. The molecule has 0 bridgehead atoms. The van der Waals surface area contributed by atoms with Gasteiger partial charge in [0.15, 0.2) is 0 Å². The van der Waals surface area contributed by atoms with E-state index in [-0.39, 0.29) is 24.8 Å². The number of thiophene rings is 1. The van der Waals surface area contributed by atoms with Gasteiger partial charge in [-0.3, -0.25) is 9.59 Å².